The van der Waals surface area contributed by atoms with Crippen LogP contribution in [0.4, 0.5) is 0 Å². The zero-order valence-electron chi connectivity index (χ0n) is 9.09. The van der Waals surface area contributed by atoms with Gasteiger partial charge in [0.05, 0.1) is 4.75 Å². The van der Waals surface area contributed by atoms with Gasteiger partial charge in [-0.3, -0.25) is 0 Å². The number of nitrogens with one attached hydrogen (secondary N) is 1. The summed E-state index contributed by atoms with van der Waals surface area (Å²) in [4.78, 5) is 1.94. The summed E-state index contributed by atoms with van der Waals surface area (Å²) in [6, 6.07) is 0. The maximum Gasteiger partial charge on any atom is 0.216 e. The van der Waals surface area contributed by atoms with Crippen LogP contribution in [0.5, 0.6) is 0 Å². The van der Waals surface area contributed by atoms with Crippen molar-refractivity contribution < 1.29 is 8.42 Å². The average Bonchev–Trinajstić information content (AvgIpc) is 1.82. The van der Waals surface area contributed by atoms with Gasteiger partial charge in [-0.05, 0) is 34.9 Å². The molecule has 0 unspecified atom stereocenters. The number of rotatable bonds is 4. The first-order valence-electron chi connectivity index (χ1n) is 4.31. The Kier molecular flexibility index (Phi) is 4.35. The van der Waals surface area contributed by atoms with Crippen molar-refractivity contribution >= 4 is 10.0 Å². The molecule has 4 nitrogen and oxygen atoms in total. The Bertz CT molecular complexity index is 239. The van der Waals surface area contributed by atoms with Crippen LogP contribution in [-0.4, -0.2) is 45.2 Å². The summed E-state index contributed by atoms with van der Waals surface area (Å²) >= 11 is 0. The Morgan fingerprint density at radius 3 is 2.00 bits per heavy atom. The van der Waals surface area contributed by atoms with E-state index < -0.39 is 14.8 Å². The van der Waals surface area contributed by atoms with Gasteiger partial charge in [-0.25, -0.2) is 13.1 Å². The molecule has 0 aliphatic heterocycles. The van der Waals surface area contributed by atoms with Gasteiger partial charge in [0.15, 0.2) is 0 Å². The summed E-state index contributed by atoms with van der Waals surface area (Å²) < 4.78 is 24.8. The van der Waals surface area contributed by atoms with Crippen LogP contribution in [0.15, 0.2) is 0 Å². The first kappa shape index (κ1) is 12.9. The molecule has 0 aromatic rings. The van der Waals surface area contributed by atoms with Crippen LogP contribution < -0.4 is 4.72 Å². The smallest absolute Gasteiger partial charge is 0.216 e. The number of nitrogens with zero attached hydrogens (tertiary/aromatic N) is 1. The van der Waals surface area contributed by atoms with E-state index in [4.69, 9.17) is 0 Å². The summed E-state index contributed by atoms with van der Waals surface area (Å²) in [6.07, 6.45) is 0. The Hall–Kier alpha value is -0.130. The Labute approximate surface area is 81.4 Å². The lowest BCUT2D eigenvalue weighted by Gasteiger charge is -2.20. The first-order valence-corrected chi connectivity index (χ1v) is 5.79. The molecular weight excluding hydrogens is 188 g/mol. The molecule has 0 heterocycles. The van der Waals surface area contributed by atoms with Crippen molar-refractivity contribution in [2.75, 3.05) is 27.2 Å². The Balaban J connectivity index is 4.07. The Morgan fingerprint density at radius 1 is 1.23 bits per heavy atom. The maximum absolute atomic E-state index is 11.5. The van der Waals surface area contributed by atoms with Crippen molar-refractivity contribution in [3.63, 3.8) is 0 Å². The highest BCUT2D eigenvalue weighted by atomic mass is 32.2. The largest absolute Gasteiger partial charge is 0.308 e. The molecule has 0 bridgehead atoms. The van der Waals surface area contributed by atoms with Crippen molar-refractivity contribution in [1.29, 1.82) is 0 Å². The van der Waals surface area contributed by atoms with E-state index in [9.17, 15) is 8.42 Å². The van der Waals surface area contributed by atoms with Crippen molar-refractivity contribution in [2.24, 2.45) is 0 Å². The van der Waals surface area contributed by atoms with Crippen LogP contribution in [0.3, 0.4) is 0 Å². The molecule has 0 aliphatic carbocycles. The molecule has 0 aliphatic rings. The molecule has 0 aromatic carbocycles. The van der Waals surface area contributed by atoms with Crippen LogP contribution in [-0.2, 0) is 10.0 Å². The van der Waals surface area contributed by atoms with Crippen LogP contribution >= 0.6 is 0 Å². The van der Waals surface area contributed by atoms with E-state index in [0.717, 1.165) is 6.54 Å². The molecular formula is C8H20N2O2S. The van der Waals surface area contributed by atoms with Gasteiger partial charge in [0.1, 0.15) is 0 Å². The van der Waals surface area contributed by atoms with Crippen LogP contribution in [0.1, 0.15) is 20.8 Å². The second-order valence-electron chi connectivity index (χ2n) is 4.31. The molecule has 0 fully saturated rings. The molecule has 5 heteroatoms. The SMILES string of the molecule is CN(C)CCNS(=O)(=O)C(C)(C)C. The number of hydrogen-bond donors (Lipinski definition) is 1. The van der Waals surface area contributed by atoms with Crippen molar-refractivity contribution in [2.45, 2.75) is 25.5 Å². The predicted octanol–water partition coefficient (Wildman–Crippen LogP) is 0.266. The average molecular weight is 208 g/mol. The van der Waals surface area contributed by atoms with Gasteiger partial charge in [-0.15, -0.1) is 0 Å². The zero-order valence-corrected chi connectivity index (χ0v) is 9.90. The molecule has 0 aromatic heterocycles. The van der Waals surface area contributed by atoms with Crippen molar-refractivity contribution in [3.05, 3.63) is 0 Å². The van der Waals surface area contributed by atoms with E-state index in [1.165, 1.54) is 0 Å². The monoisotopic (exact) mass is 208 g/mol. The van der Waals surface area contributed by atoms with Gasteiger partial charge in [0.2, 0.25) is 10.0 Å². The molecule has 0 amide bonds. The van der Waals surface area contributed by atoms with Crippen molar-refractivity contribution in [1.82, 2.24) is 9.62 Å². The molecule has 0 rings (SSSR count). The fraction of sp³-hybridized carbons (Fsp3) is 1.00. The van der Waals surface area contributed by atoms with E-state index in [-0.39, 0.29) is 0 Å². The molecule has 0 radical (unpaired) electrons. The lowest BCUT2D eigenvalue weighted by molar-refractivity contribution is 0.411. The standard InChI is InChI=1S/C8H20N2O2S/c1-8(2,3)13(11,12)9-6-7-10(4)5/h9H,6-7H2,1-5H3. The van der Waals surface area contributed by atoms with Gasteiger partial charge in [-0.2, -0.15) is 0 Å². The molecule has 0 spiro atoms. The normalized spacial score (nSPS) is 13.7. The lowest BCUT2D eigenvalue weighted by Crippen LogP contribution is -2.41. The third kappa shape index (κ3) is 4.59. The van der Waals surface area contributed by atoms with E-state index in [0.29, 0.717) is 6.54 Å². The quantitative estimate of drug-likeness (QED) is 0.721. The van der Waals surface area contributed by atoms with Gasteiger partial charge in [0, 0.05) is 13.1 Å². The third-order valence-corrected chi connectivity index (χ3v) is 3.85. The molecule has 13 heavy (non-hydrogen) atoms. The number of hydrogen-bond acceptors (Lipinski definition) is 3. The molecule has 80 valence electrons. The maximum atomic E-state index is 11.5. The van der Waals surface area contributed by atoms with Gasteiger partial charge < -0.3 is 4.90 Å². The van der Waals surface area contributed by atoms with Crippen LogP contribution in [0.2, 0.25) is 0 Å². The molecule has 0 saturated heterocycles. The first-order chi connectivity index (χ1) is 5.67. The molecule has 0 atom stereocenters. The zero-order chi connectivity index (χ0) is 10.7. The second-order valence-corrected chi connectivity index (χ2v) is 6.83. The summed E-state index contributed by atoms with van der Waals surface area (Å²) in [7, 11) is 0.646. The second kappa shape index (κ2) is 4.39. The van der Waals surface area contributed by atoms with Crippen LogP contribution in [0.25, 0.3) is 0 Å². The van der Waals surface area contributed by atoms with Gasteiger partial charge >= 0.3 is 0 Å². The van der Waals surface area contributed by atoms with E-state index in [1.54, 1.807) is 20.8 Å². The van der Waals surface area contributed by atoms with Gasteiger partial charge in [0.25, 0.3) is 0 Å². The highest BCUT2D eigenvalue weighted by Crippen LogP contribution is 2.12. The number of sulfonamides is 1. The lowest BCUT2D eigenvalue weighted by atomic mass is 10.3. The summed E-state index contributed by atoms with van der Waals surface area (Å²) in [5.41, 5.74) is 0. The third-order valence-electron chi connectivity index (χ3n) is 1.66. The van der Waals surface area contributed by atoms with Crippen LogP contribution in [0, 0.1) is 0 Å². The van der Waals surface area contributed by atoms with E-state index in [1.807, 2.05) is 19.0 Å². The summed E-state index contributed by atoms with van der Waals surface area (Å²) in [5.74, 6) is 0. The number of likely N-dealkylation sites (N-methyl/N-ethyl adjacent to an activating group) is 1. The fourth-order valence-corrected chi connectivity index (χ4v) is 1.41. The Morgan fingerprint density at radius 2 is 1.69 bits per heavy atom. The minimum Gasteiger partial charge on any atom is -0.308 e. The topological polar surface area (TPSA) is 49.4 Å². The fourth-order valence-electron chi connectivity index (χ4n) is 0.620. The highest BCUT2D eigenvalue weighted by Gasteiger charge is 2.27. The predicted molar refractivity (Wildman–Crippen MR) is 55.2 cm³/mol. The molecule has 0 saturated carbocycles. The van der Waals surface area contributed by atoms with Gasteiger partial charge in [-0.1, -0.05) is 0 Å². The van der Waals surface area contributed by atoms with E-state index >= 15 is 0 Å². The summed E-state index contributed by atoms with van der Waals surface area (Å²) in [5, 5.41) is 0. The highest BCUT2D eigenvalue weighted by molar-refractivity contribution is 7.90. The summed E-state index contributed by atoms with van der Waals surface area (Å²) in [6.45, 7) is 6.24. The van der Waals surface area contributed by atoms with Crippen molar-refractivity contribution in [3.8, 4) is 0 Å². The van der Waals surface area contributed by atoms with E-state index in [2.05, 4.69) is 4.72 Å². The minimum absolute atomic E-state index is 0.465. The molecule has 1 N–H and O–H groups in total. The minimum atomic E-state index is -3.17.